The number of benzene rings is 2. The second-order valence-corrected chi connectivity index (χ2v) is 7.00. The van der Waals surface area contributed by atoms with Gasteiger partial charge < -0.3 is 5.73 Å². The van der Waals surface area contributed by atoms with E-state index in [-0.39, 0.29) is 11.5 Å². The first-order valence-electron chi connectivity index (χ1n) is 6.92. The minimum atomic E-state index is -0.0556. The van der Waals surface area contributed by atoms with Crippen LogP contribution >= 0.6 is 11.8 Å². The molecule has 0 radical (unpaired) electrons. The second kappa shape index (κ2) is 6.02. The highest BCUT2D eigenvalue weighted by Crippen LogP contribution is 2.26. The molecule has 0 aliphatic rings. The van der Waals surface area contributed by atoms with Crippen LogP contribution in [0.25, 0.3) is 0 Å². The highest BCUT2D eigenvalue weighted by Gasteiger charge is 2.14. The Morgan fingerprint density at radius 2 is 1.30 bits per heavy atom. The normalized spacial score (nSPS) is 13.2. The topological polar surface area (TPSA) is 26.0 Å². The lowest BCUT2D eigenvalue weighted by Crippen LogP contribution is -2.14. The molecule has 0 aromatic heterocycles. The second-order valence-electron chi connectivity index (χ2n) is 6.12. The van der Waals surface area contributed by atoms with Crippen molar-refractivity contribution in [2.24, 2.45) is 5.73 Å². The van der Waals surface area contributed by atoms with Crippen molar-refractivity contribution < 1.29 is 0 Å². The van der Waals surface area contributed by atoms with Crippen molar-refractivity contribution in [3.8, 4) is 0 Å². The highest BCUT2D eigenvalue weighted by atomic mass is 32.2. The maximum Gasteiger partial charge on any atom is 0.0551 e. The molecule has 1 unspecified atom stereocenters. The van der Waals surface area contributed by atoms with E-state index in [2.05, 4.69) is 75.6 Å². The molecule has 2 aromatic rings. The summed E-state index contributed by atoms with van der Waals surface area (Å²) in [5.41, 5.74) is 10.2. The first-order chi connectivity index (χ1) is 9.41. The fourth-order valence-corrected chi connectivity index (χ4v) is 2.60. The molecule has 1 nitrogen and oxygen atoms in total. The van der Waals surface area contributed by atoms with Crippen LogP contribution in [0.15, 0.2) is 53.4 Å². The molecule has 0 saturated carbocycles. The predicted molar refractivity (Wildman–Crippen MR) is 89.4 cm³/mol. The molecule has 2 aromatic carbocycles. The van der Waals surface area contributed by atoms with Crippen molar-refractivity contribution in [3.63, 3.8) is 0 Å². The number of nitrogens with two attached hydrogens (primary N) is 1. The Kier molecular flexibility index (Phi) is 4.56. The van der Waals surface area contributed by atoms with Gasteiger partial charge in [-0.1, -0.05) is 57.2 Å². The van der Waals surface area contributed by atoms with E-state index in [9.17, 15) is 0 Å². The molecule has 0 aliphatic carbocycles. The van der Waals surface area contributed by atoms with Gasteiger partial charge in [0, 0.05) is 4.90 Å². The third-order valence-electron chi connectivity index (χ3n) is 3.61. The predicted octanol–water partition coefficient (Wildman–Crippen LogP) is 4.75. The first kappa shape index (κ1) is 15.1. The lowest BCUT2D eigenvalue weighted by Gasteiger charge is -2.20. The fraction of sp³-hybridized carbons (Fsp3) is 0.333. The van der Waals surface area contributed by atoms with Crippen LogP contribution in [0.2, 0.25) is 0 Å². The third kappa shape index (κ3) is 3.44. The Morgan fingerprint density at radius 1 is 0.850 bits per heavy atom. The van der Waals surface area contributed by atoms with E-state index < -0.39 is 0 Å². The van der Waals surface area contributed by atoms with Crippen LogP contribution < -0.4 is 5.73 Å². The Labute approximate surface area is 126 Å². The van der Waals surface area contributed by atoms with Gasteiger partial charge in [0.1, 0.15) is 0 Å². The summed E-state index contributed by atoms with van der Waals surface area (Å²) in [6.45, 7) is 6.68. The number of hydrogen-bond donors (Lipinski definition) is 1. The molecule has 2 N–H and O–H groups in total. The summed E-state index contributed by atoms with van der Waals surface area (Å²) in [4.78, 5) is 1.27. The summed E-state index contributed by atoms with van der Waals surface area (Å²) < 4.78 is 0. The molecule has 106 valence electrons. The van der Waals surface area contributed by atoms with Gasteiger partial charge >= 0.3 is 0 Å². The summed E-state index contributed by atoms with van der Waals surface area (Å²) in [5.74, 6) is 0. The van der Waals surface area contributed by atoms with Crippen LogP contribution in [0, 0.1) is 0 Å². The van der Waals surface area contributed by atoms with Crippen LogP contribution in [0.4, 0.5) is 0 Å². The summed E-state index contributed by atoms with van der Waals surface area (Å²) in [7, 11) is 0. The van der Waals surface area contributed by atoms with E-state index in [1.807, 2.05) is 0 Å². The minimum absolute atomic E-state index is 0.0556. The van der Waals surface area contributed by atoms with Gasteiger partial charge in [-0.3, -0.25) is 0 Å². The van der Waals surface area contributed by atoms with Crippen molar-refractivity contribution in [1.29, 1.82) is 0 Å². The Bertz CT molecular complexity index is 549. The Morgan fingerprint density at radius 3 is 1.70 bits per heavy atom. The molecule has 20 heavy (non-hydrogen) atoms. The average Bonchev–Trinajstić information content (AvgIpc) is 2.46. The van der Waals surface area contributed by atoms with Crippen molar-refractivity contribution in [2.75, 3.05) is 6.26 Å². The van der Waals surface area contributed by atoms with Crippen molar-refractivity contribution in [3.05, 3.63) is 65.2 Å². The molecule has 2 rings (SSSR count). The summed E-state index contributed by atoms with van der Waals surface area (Å²) in [6.07, 6.45) is 2.08. The Hall–Kier alpha value is -1.25. The van der Waals surface area contributed by atoms with Gasteiger partial charge in [-0.2, -0.15) is 0 Å². The SMILES string of the molecule is CSc1ccc(C(N)c2ccc(C(C)(C)C)cc2)cc1. The van der Waals surface area contributed by atoms with Crippen molar-refractivity contribution >= 4 is 11.8 Å². The number of rotatable bonds is 3. The molecule has 2 heteroatoms. The molecule has 0 amide bonds. The quantitative estimate of drug-likeness (QED) is 0.823. The van der Waals surface area contributed by atoms with E-state index in [1.165, 1.54) is 10.5 Å². The van der Waals surface area contributed by atoms with Crippen molar-refractivity contribution in [2.45, 2.75) is 37.1 Å². The monoisotopic (exact) mass is 285 g/mol. The maximum absolute atomic E-state index is 6.36. The van der Waals surface area contributed by atoms with E-state index in [1.54, 1.807) is 11.8 Å². The smallest absolute Gasteiger partial charge is 0.0551 e. The fourth-order valence-electron chi connectivity index (χ4n) is 2.19. The molecule has 0 aliphatic heterocycles. The van der Waals surface area contributed by atoms with Gasteiger partial charge in [-0.25, -0.2) is 0 Å². The third-order valence-corrected chi connectivity index (χ3v) is 4.35. The summed E-state index contributed by atoms with van der Waals surface area (Å²) in [6, 6.07) is 17.1. The largest absolute Gasteiger partial charge is 0.320 e. The number of hydrogen-bond acceptors (Lipinski definition) is 2. The molecular formula is C18H23NS. The molecule has 1 atom stereocenters. The molecule has 0 spiro atoms. The summed E-state index contributed by atoms with van der Waals surface area (Å²) >= 11 is 1.75. The molecule has 0 heterocycles. The van der Waals surface area contributed by atoms with Crippen molar-refractivity contribution in [1.82, 2.24) is 0 Å². The van der Waals surface area contributed by atoms with E-state index in [0.29, 0.717) is 0 Å². The maximum atomic E-state index is 6.36. The zero-order valence-corrected chi connectivity index (χ0v) is 13.5. The first-order valence-corrected chi connectivity index (χ1v) is 8.14. The van der Waals surface area contributed by atoms with Gasteiger partial charge in [-0.05, 0) is 40.5 Å². The molecule has 0 fully saturated rings. The summed E-state index contributed by atoms with van der Waals surface area (Å²) in [5, 5.41) is 0. The average molecular weight is 285 g/mol. The zero-order chi connectivity index (χ0) is 14.8. The molecule has 0 saturated heterocycles. The molecular weight excluding hydrogens is 262 g/mol. The van der Waals surface area contributed by atoms with Crippen LogP contribution in [-0.2, 0) is 5.41 Å². The lowest BCUT2D eigenvalue weighted by atomic mass is 9.86. The van der Waals surface area contributed by atoms with Crippen LogP contribution in [-0.4, -0.2) is 6.26 Å². The highest BCUT2D eigenvalue weighted by molar-refractivity contribution is 7.98. The standard InChI is InChI=1S/C18H23NS/c1-18(2,3)15-9-5-13(6-10-15)17(19)14-7-11-16(20-4)12-8-14/h5-12,17H,19H2,1-4H3. The van der Waals surface area contributed by atoms with E-state index >= 15 is 0 Å². The minimum Gasteiger partial charge on any atom is -0.320 e. The van der Waals surface area contributed by atoms with Gasteiger partial charge in [0.2, 0.25) is 0 Å². The van der Waals surface area contributed by atoms with Gasteiger partial charge in [0.25, 0.3) is 0 Å². The van der Waals surface area contributed by atoms with Crippen LogP contribution in [0.1, 0.15) is 43.5 Å². The van der Waals surface area contributed by atoms with Gasteiger partial charge in [0.15, 0.2) is 0 Å². The van der Waals surface area contributed by atoms with Gasteiger partial charge in [-0.15, -0.1) is 11.8 Å². The number of thioether (sulfide) groups is 1. The zero-order valence-electron chi connectivity index (χ0n) is 12.7. The van der Waals surface area contributed by atoms with Crippen LogP contribution in [0.3, 0.4) is 0 Å². The van der Waals surface area contributed by atoms with E-state index in [0.717, 1.165) is 11.1 Å². The van der Waals surface area contributed by atoms with E-state index in [4.69, 9.17) is 5.73 Å². The Balaban J connectivity index is 2.22. The molecule has 0 bridgehead atoms. The lowest BCUT2D eigenvalue weighted by molar-refractivity contribution is 0.589. The van der Waals surface area contributed by atoms with Gasteiger partial charge in [0.05, 0.1) is 6.04 Å². The van der Waals surface area contributed by atoms with Crippen LogP contribution in [0.5, 0.6) is 0 Å².